The first kappa shape index (κ1) is 18.3. The van der Waals surface area contributed by atoms with Crippen LogP contribution in [0.25, 0.3) is 0 Å². The van der Waals surface area contributed by atoms with Crippen molar-refractivity contribution in [3.8, 4) is 0 Å². The molecule has 0 aliphatic rings. The third-order valence-corrected chi connectivity index (χ3v) is 3.21. The number of nitrogens with one attached hydrogen (secondary N) is 2. The van der Waals surface area contributed by atoms with Gasteiger partial charge in [0.2, 0.25) is 0 Å². The number of halogens is 3. The van der Waals surface area contributed by atoms with Crippen LogP contribution in [-0.4, -0.2) is 24.3 Å². The van der Waals surface area contributed by atoms with Crippen molar-refractivity contribution in [1.29, 1.82) is 0 Å². The molecule has 0 atom stereocenters. The number of anilines is 1. The zero-order valence-electron chi connectivity index (χ0n) is 12.6. The number of amides is 2. The van der Waals surface area contributed by atoms with Crippen molar-refractivity contribution >= 4 is 11.7 Å². The Morgan fingerprint density at radius 2 is 1.77 bits per heavy atom. The number of hydrogen-bond donors (Lipinski definition) is 3. The second kappa shape index (κ2) is 7.49. The molecule has 0 fully saturated rings. The molecule has 0 heterocycles. The van der Waals surface area contributed by atoms with Crippen LogP contribution in [0.3, 0.4) is 0 Å². The van der Waals surface area contributed by atoms with Gasteiger partial charge in [0.15, 0.2) is 0 Å². The highest BCUT2D eigenvalue weighted by molar-refractivity contribution is 5.89. The third-order valence-electron chi connectivity index (χ3n) is 3.21. The van der Waals surface area contributed by atoms with Gasteiger partial charge in [-0.15, -0.1) is 0 Å². The van der Waals surface area contributed by atoms with Crippen LogP contribution < -0.4 is 10.6 Å². The summed E-state index contributed by atoms with van der Waals surface area (Å²) in [6, 6.07) is 3.77. The molecule has 0 saturated heterocycles. The van der Waals surface area contributed by atoms with Crippen LogP contribution in [0.1, 0.15) is 32.3 Å². The summed E-state index contributed by atoms with van der Waals surface area (Å²) in [6.07, 6.45) is -2.93. The first-order valence-corrected chi connectivity index (χ1v) is 6.97. The van der Waals surface area contributed by atoms with Crippen molar-refractivity contribution in [3.05, 3.63) is 29.8 Å². The summed E-state index contributed by atoms with van der Waals surface area (Å²) in [7, 11) is 0. The molecule has 0 radical (unpaired) electrons. The normalized spacial score (nSPS) is 12.1. The standard InChI is InChI=1S/C15H21F3N2O2/c1-14(2,10-21)8-3-9-19-13(22)20-12-6-4-11(5-7-12)15(16,17)18/h4-7,21H,3,8-10H2,1-2H3,(H2,19,20,22). The van der Waals surface area contributed by atoms with Crippen molar-refractivity contribution in [2.45, 2.75) is 32.9 Å². The Labute approximate surface area is 127 Å². The zero-order valence-corrected chi connectivity index (χ0v) is 12.6. The molecule has 0 saturated carbocycles. The summed E-state index contributed by atoms with van der Waals surface area (Å²) in [5, 5.41) is 14.2. The van der Waals surface area contributed by atoms with Gasteiger partial charge in [0, 0.05) is 18.8 Å². The molecule has 0 aliphatic carbocycles. The van der Waals surface area contributed by atoms with Crippen LogP contribution >= 0.6 is 0 Å². The largest absolute Gasteiger partial charge is 0.416 e. The summed E-state index contributed by atoms with van der Waals surface area (Å²) >= 11 is 0. The molecular formula is C15H21F3N2O2. The molecule has 124 valence electrons. The molecule has 1 aromatic carbocycles. The first-order chi connectivity index (χ1) is 10.1. The number of alkyl halides is 3. The summed E-state index contributed by atoms with van der Waals surface area (Å²) in [6.45, 7) is 4.35. The molecule has 0 aliphatic heterocycles. The Hall–Kier alpha value is -1.76. The van der Waals surface area contributed by atoms with E-state index in [4.69, 9.17) is 5.11 Å². The van der Waals surface area contributed by atoms with Crippen LogP contribution in [-0.2, 0) is 6.18 Å². The van der Waals surface area contributed by atoms with E-state index in [2.05, 4.69) is 10.6 Å². The number of urea groups is 1. The second-order valence-corrected chi connectivity index (χ2v) is 5.88. The monoisotopic (exact) mass is 318 g/mol. The number of benzene rings is 1. The van der Waals surface area contributed by atoms with Gasteiger partial charge < -0.3 is 15.7 Å². The summed E-state index contributed by atoms with van der Waals surface area (Å²) in [5.74, 6) is 0. The number of aliphatic hydroxyl groups is 1. The van der Waals surface area contributed by atoms with E-state index in [-0.39, 0.29) is 12.0 Å². The second-order valence-electron chi connectivity index (χ2n) is 5.88. The van der Waals surface area contributed by atoms with Crippen molar-refractivity contribution in [2.24, 2.45) is 5.41 Å². The van der Waals surface area contributed by atoms with Crippen LogP contribution in [0.5, 0.6) is 0 Å². The van der Waals surface area contributed by atoms with Gasteiger partial charge in [-0.25, -0.2) is 4.79 Å². The Balaban J connectivity index is 2.36. The minimum atomic E-state index is -4.39. The minimum absolute atomic E-state index is 0.0742. The maximum Gasteiger partial charge on any atom is 0.416 e. The molecular weight excluding hydrogens is 297 g/mol. The summed E-state index contributed by atoms with van der Waals surface area (Å²) < 4.78 is 37.2. The van der Waals surface area contributed by atoms with E-state index in [1.165, 1.54) is 12.1 Å². The van der Waals surface area contributed by atoms with E-state index in [9.17, 15) is 18.0 Å². The molecule has 0 unspecified atom stereocenters. The van der Waals surface area contributed by atoms with Crippen molar-refractivity contribution in [2.75, 3.05) is 18.5 Å². The smallest absolute Gasteiger partial charge is 0.396 e. The fourth-order valence-corrected chi connectivity index (χ4v) is 1.77. The number of aliphatic hydroxyl groups excluding tert-OH is 1. The summed E-state index contributed by atoms with van der Waals surface area (Å²) in [4.78, 5) is 11.6. The Morgan fingerprint density at radius 3 is 2.27 bits per heavy atom. The van der Waals surface area contributed by atoms with E-state index in [0.717, 1.165) is 18.6 Å². The number of carbonyl (C=O) groups excluding carboxylic acids is 1. The number of rotatable bonds is 6. The predicted molar refractivity (Wildman–Crippen MR) is 78.6 cm³/mol. The van der Waals surface area contributed by atoms with Gasteiger partial charge in [-0.2, -0.15) is 13.2 Å². The van der Waals surface area contributed by atoms with Crippen molar-refractivity contribution in [3.63, 3.8) is 0 Å². The molecule has 4 nitrogen and oxygen atoms in total. The van der Waals surface area contributed by atoms with Gasteiger partial charge in [-0.1, -0.05) is 13.8 Å². The lowest BCUT2D eigenvalue weighted by Crippen LogP contribution is -2.30. The highest BCUT2D eigenvalue weighted by Gasteiger charge is 2.29. The molecule has 1 rings (SSSR count). The maximum absolute atomic E-state index is 12.4. The summed E-state index contributed by atoms with van der Waals surface area (Å²) in [5.41, 5.74) is -0.656. The topological polar surface area (TPSA) is 61.4 Å². The van der Waals surface area contributed by atoms with Gasteiger partial charge >= 0.3 is 12.2 Å². The van der Waals surface area contributed by atoms with Crippen LogP contribution in [0.15, 0.2) is 24.3 Å². The molecule has 3 N–H and O–H groups in total. The molecule has 2 amide bonds. The van der Waals surface area contributed by atoms with Gasteiger partial charge in [0.05, 0.1) is 5.56 Å². The lowest BCUT2D eigenvalue weighted by molar-refractivity contribution is -0.137. The maximum atomic E-state index is 12.4. The van der Waals surface area contributed by atoms with E-state index in [1.807, 2.05) is 13.8 Å². The molecule has 7 heteroatoms. The SMILES string of the molecule is CC(C)(CO)CCCNC(=O)Nc1ccc(C(F)(F)F)cc1. The van der Waals surface area contributed by atoms with Crippen LogP contribution in [0, 0.1) is 5.41 Å². The molecule has 0 bridgehead atoms. The van der Waals surface area contributed by atoms with Gasteiger partial charge in [0.1, 0.15) is 0 Å². The molecule has 0 aromatic heterocycles. The van der Waals surface area contributed by atoms with Gasteiger partial charge in [-0.05, 0) is 42.5 Å². The highest BCUT2D eigenvalue weighted by Crippen LogP contribution is 2.29. The predicted octanol–water partition coefficient (Wildman–Crippen LogP) is 3.63. The zero-order chi connectivity index (χ0) is 16.8. The molecule has 0 spiro atoms. The van der Waals surface area contributed by atoms with E-state index in [0.29, 0.717) is 18.7 Å². The Bertz CT molecular complexity index is 485. The fraction of sp³-hybridized carbons (Fsp3) is 0.533. The lowest BCUT2D eigenvalue weighted by atomic mass is 9.89. The minimum Gasteiger partial charge on any atom is -0.396 e. The average molecular weight is 318 g/mol. The average Bonchev–Trinajstić information content (AvgIpc) is 2.43. The Kier molecular flexibility index (Phi) is 6.22. The number of hydrogen-bond acceptors (Lipinski definition) is 2. The molecule has 22 heavy (non-hydrogen) atoms. The fourth-order valence-electron chi connectivity index (χ4n) is 1.77. The van der Waals surface area contributed by atoms with Gasteiger partial charge in [0.25, 0.3) is 0 Å². The van der Waals surface area contributed by atoms with Gasteiger partial charge in [-0.3, -0.25) is 0 Å². The lowest BCUT2D eigenvalue weighted by Gasteiger charge is -2.21. The van der Waals surface area contributed by atoms with Crippen molar-refractivity contribution < 1.29 is 23.1 Å². The third kappa shape index (κ3) is 6.34. The van der Waals surface area contributed by atoms with E-state index in [1.54, 1.807) is 0 Å². The Morgan fingerprint density at radius 1 is 1.18 bits per heavy atom. The van der Waals surface area contributed by atoms with E-state index >= 15 is 0 Å². The molecule has 1 aromatic rings. The highest BCUT2D eigenvalue weighted by atomic mass is 19.4. The number of carbonyl (C=O) groups is 1. The van der Waals surface area contributed by atoms with Crippen molar-refractivity contribution in [1.82, 2.24) is 5.32 Å². The first-order valence-electron chi connectivity index (χ1n) is 6.97. The van der Waals surface area contributed by atoms with E-state index < -0.39 is 17.8 Å². The van der Waals surface area contributed by atoms with Crippen LogP contribution in [0.2, 0.25) is 0 Å². The quantitative estimate of drug-likeness (QED) is 0.702. The van der Waals surface area contributed by atoms with Crippen LogP contribution in [0.4, 0.5) is 23.7 Å².